The van der Waals surface area contributed by atoms with E-state index in [9.17, 15) is 9.59 Å². The van der Waals surface area contributed by atoms with Gasteiger partial charge in [0.1, 0.15) is 0 Å². The van der Waals surface area contributed by atoms with Crippen molar-refractivity contribution in [2.75, 3.05) is 18.4 Å². The maximum absolute atomic E-state index is 13.0. The molecular formula is C21H24N2O3. The number of nitrogens with one attached hydrogen (secondary N) is 1. The van der Waals surface area contributed by atoms with Crippen LogP contribution in [0, 0.1) is 6.92 Å². The van der Waals surface area contributed by atoms with Crippen LogP contribution in [0.5, 0.6) is 0 Å². The number of para-hydroxylation sites is 1. The van der Waals surface area contributed by atoms with Crippen LogP contribution in [0.2, 0.25) is 0 Å². The van der Waals surface area contributed by atoms with E-state index in [2.05, 4.69) is 5.32 Å². The minimum absolute atomic E-state index is 0.00277. The van der Waals surface area contributed by atoms with Gasteiger partial charge in [0.05, 0.1) is 23.5 Å². The lowest BCUT2D eigenvalue weighted by Crippen LogP contribution is -2.48. The second kappa shape index (κ2) is 7.70. The summed E-state index contributed by atoms with van der Waals surface area (Å²) in [4.78, 5) is 27.3. The maximum atomic E-state index is 13.0. The molecule has 2 atom stereocenters. The Balaban J connectivity index is 1.80. The lowest BCUT2D eigenvalue weighted by atomic mass is 10.1. The largest absolute Gasteiger partial charge is 0.372 e. The molecule has 136 valence electrons. The SMILES string of the molecule is Cc1ccc(C(=O)Nc2ccccc2C(=O)N2CC(C)OC(C)C2)cc1. The number of carbonyl (C=O) groups excluding carboxylic acids is 2. The van der Waals surface area contributed by atoms with Crippen LogP contribution in [0.3, 0.4) is 0 Å². The van der Waals surface area contributed by atoms with Crippen molar-refractivity contribution in [3.63, 3.8) is 0 Å². The van der Waals surface area contributed by atoms with Gasteiger partial charge in [0, 0.05) is 18.7 Å². The van der Waals surface area contributed by atoms with Crippen LogP contribution in [0.4, 0.5) is 5.69 Å². The number of carbonyl (C=O) groups is 2. The summed E-state index contributed by atoms with van der Waals surface area (Å²) in [5.74, 6) is -0.319. The number of benzene rings is 2. The summed E-state index contributed by atoms with van der Waals surface area (Å²) < 4.78 is 5.70. The van der Waals surface area contributed by atoms with E-state index >= 15 is 0 Å². The summed E-state index contributed by atoms with van der Waals surface area (Å²) in [5, 5.41) is 2.87. The Labute approximate surface area is 154 Å². The van der Waals surface area contributed by atoms with Crippen molar-refractivity contribution in [3.05, 3.63) is 65.2 Å². The Hall–Kier alpha value is -2.66. The smallest absolute Gasteiger partial charge is 0.256 e. The van der Waals surface area contributed by atoms with E-state index in [1.54, 1.807) is 29.2 Å². The predicted octanol–water partition coefficient (Wildman–Crippen LogP) is 3.50. The maximum Gasteiger partial charge on any atom is 0.256 e. The lowest BCUT2D eigenvalue weighted by molar-refractivity contribution is -0.0585. The minimum atomic E-state index is -0.228. The van der Waals surface area contributed by atoms with Crippen molar-refractivity contribution >= 4 is 17.5 Å². The molecule has 0 aliphatic carbocycles. The zero-order chi connectivity index (χ0) is 18.7. The molecule has 1 saturated heterocycles. The predicted molar refractivity (Wildman–Crippen MR) is 101 cm³/mol. The fraction of sp³-hybridized carbons (Fsp3) is 0.333. The van der Waals surface area contributed by atoms with Gasteiger partial charge in [-0.3, -0.25) is 9.59 Å². The quantitative estimate of drug-likeness (QED) is 0.920. The highest BCUT2D eigenvalue weighted by Crippen LogP contribution is 2.21. The Morgan fingerprint density at radius 2 is 1.62 bits per heavy atom. The fourth-order valence-corrected chi connectivity index (χ4v) is 3.19. The average molecular weight is 352 g/mol. The molecule has 0 radical (unpaired) electrons. The molecule has 1 fully saturated rings. The summed E-state index contributed by atoms with van der Waals surface area (Å²) in [7, 11) is 0. The van der Waals surface area contributed by atoms with Crippen LogP contribution < -0.4 is 5.32 Å². The molecule has 0 bridgehead atoms. The first kappa shape index (κ1) is 18.1. The summed E-state index contributed by atoms with van der Waals surface area (Å²) >= 11 is 0. The van der Waals surface area contributed by atoms with E-state index in [0.717, 1.165) is 5.56 Å². The van der Waals surface area contributed by atoms with Gasteiger partial charge in [0.25, 0.3) is 11.8 Å². The first-order valence-corrected chi connectivity index (χ1v) is 8.86. The molecule has 3 rings (SSSR count). The van der Waals surface area contributed by atoms with Gasteiger partial charge in [0.15, 0.2) is 0 Å². The van der Waals surface area contributed by atoms with E-state index < -0.39 is 0 Å². The van der Waals surface area contributed by atoms with Gasteiger partial charge in [-0.15, -0.1) is 0 Å². The Bertz CT molecular complexity index is 791. The highest BCUT2D eigenvalue weighted by atomic mass is 16.5. The molecular weight excluding hydrogens is 328 g/mol. The van der Waals surface area contributed by atoms with Crippen LogP contribution in [0.25, 0.3) is 0 Å². The van der Waals surface area contributed by atoms with E-state index in [1.807, 2.05) is 45.0 Å². The highest BCUT2D eigenvalue weighted by Gasteiger charge is 2.28. The second-order valence-corrected chi connectivity index (χ2v) is 6.83. The van der Waals surface area contributed by atoms with E-state index in [1.165, 1.54) is 0 Å². The van der Waals surface area contributed by atoms with Crippen molar-refractivity contribution in [3.8, 4) is 0 Å². The van der Waals surface area contributed by atoms with Crippen LogP contribution in [0.1, 0.15) is 40.1 Å². The second-order valence-electron chi connectivity index (χ2n) is 6.83. The van der Waals surface area contributed by atoms with Gasteiger partial charge in [-0.2, -0.15) is 0 Å². The van der Waals surface area contributed by atoms with E-state index in [0.29, 0.717) is 29.9 Å². The molecule has 5 nitrogen and oxygen atoms in total. The molecule has 1 aliphatic rings. The molecule has 5 heteroatoms. The monoisotopic (exact) mass is 352 g/mol. The lowest BCUT2D eigenvalue weighted by Gasteiger charge is -2.35. The first-order valence-electron chi connectivity index (χ1n) is 8.86. The number of nitrogens with zero attached hydrogens (tertiary/aromatic N) is 1. The van der Waals surface area contributed by atoms with Gasteiger partial charge in [-0.05, 0) is 45.0 Å². The minimum Gasteiger partial charge on any atom is -0.372 e. The third-order valence-corrected chi connectivity index (χ3v) is 4.43. The van der Waals surface area contributed by atoms with Crippen molar-refractivity contribution in [2.45, 2.75) is 33.0 Å². The van der Waals surface area contributed by atoms with Crippen molar-refractivity contribution in [1.29, 1.82) is 0 Å². The van der Waals surface area contributed by atoms with Gasteiger partial charge >= 0.3 is 0 Å². The number of hydrogen-bond acceptors (Lipinski definition) is 3. The Morgan fingerprint density at radius 3 is 2.27 bits per heavy atom. The van der Waals surface area contributed by atoms with Crippen molar-refractivity contribution in [2.24, 2.45) is 0 Å². The molecule has 1 heterocycles. The van der Waals surface area contributed by atoms with Gasteiger partial charge in [-0.25, -0.2) is 0 Å². The molecule has 2 unspecified atom stereocenters. The number of hydrogen-bond donors (Lipinski definition) is 1. The van der Waals surface area contributed by atoms with Gasteiger partial charge < -0.3 is 15.0 Å². The number of morpholine rings is 1. The summed E-state index contributed by atoms with van der Waals surface area (Å²) in [6.07, 6.45) is -0.00553. The topological polar surface area (TPSA) is 58.6 Å². The molecule has 1 aliphatic heterocycles. The Morgan fingerprint density at radius 1 is 1.00 bits per heavy atom. The summed E-state index contributed by atoms with van der Waals surface area (Å²) in [6.45, 7) is 6.98. The molecule has 2 aromatic rings. The molecule has 1 N–H and O–H groups in total. The average Bonchev–Trinajstić information content (AvgIpc) is 2.61. The van der Waals surface area contributed by atoms with Crippen LogP contribution >= 0.6 is 0 Å². The van der Waals surface area contributed by atoms with Crippen molar-refractivity contribution < 1.29 is 14.3 Å². The molecule has 0 saturated carbocycles. The number of aryl methyl sites for hydroxylation is 1. The third-order valence-electron chi connectivity index (χ3n) is 4.43. The highest BCUT2D eigenvalue weighted by molar-refractivity contribution is 6.09. The van der Waals surface area contributed by atoms with Crippen LogP contribution in [0.15, 0.2) is 48.5 Å². The summed E-state index contributed by atoms with van der Waals surface area (Å²) in [5.41, 5.74) is 2.67. The van der Waals surface area contributed by atoms with E-state index in [4.69, 9.17) is 4.74 Å². The molecule has 2 amide bonds. The normalized spacial score (nSPS) is 19.9. The molecule has 26 heavy (non-hydrogen) atoms. The van der Waals surface area contributed by atoms with Crippen molar-refractivity contribution in [1.82, 2.24) is 4.90 Å². The fourth-order valence-electron chi connectivity index (χ4n) is 3.19. The summed E-state index contributed by atoms with van der Waals surface area (Å²) in [6, 6.07) is 14.5. The van der Waals surface area contributed by atoms with Gasteiger partial charge in [-0.1, -0.05) is 29.8 Å². The number of amides is 2. The van der Waals surface area contributed by atoms with Crippen LogP contribution in [-0.4, -0.2) is 42.0 Å². The molecule has 2 aromatic carbocycles. The molecule has 0 aromatic heterocycles. The number of anilines is 1. The van der Waals surface area contributed by atoms with Crippen LogP contribution in [-0.2, 0) is 4.74 Å². The first-order chi connectivity index (χ1) is 12.4. The third kappa shape index (κ3) is 4.11. The molecule has 0 spiro atoms. The Kier molecular flexibility index (Phi) is 5.38. The number of rotatable bonds is 3. The van der Waals surface area contributed by atoms with E-state index in [-0.39, 0.29) is 24.0 Å². The van der Waals surface area contributed by atoms with Gasteiger partial charge in [0.2, 0.25) is 0 Å². The number of ether oxygens (including phenoxy) is 1. The zero-order valence-electron chi connectivity index (χ0n) is 15.4. The standard InChI is InChI=1S/C21H24N2O3/c1-14-8-10-17(11-9-14)20(24)22-19-7-5-4-6-18(19)21(25)23-12-15(2)26-16(3)13-23/h4-11,15-16H,12-13H2,1-3H3,(H,22,24). The zero-order valence-corrected chi connectivity index (χ0v) is 15.4.